The summed E-state index contributed by atoms with van der Waals surface area (Å²) >= 11 is 6.33. The van der Waals surface area contributed by atoms with Crippen molar-refractivity contribution in [1.82, 2.24) is 4.98 Å². The molecule has 0 aliphatic carbocycles. The van der Waals surface area contributed by atoms with Gasteiger partial charge in [-0.2, -0.15) is 0 Å². The van der Waals surface area contributed by atoms with Gasteiger partial charge in [-0.25, -0.2) is 9.78 Å². The van der Waals surface area contributed by atoms with Crippen LogP contribution in [-0.2, 0) is 4.79 Å². The number of carbonyl (C=O) groups is 2. The number of anilines is 3. The molecule has 1 aromatic heterocycles. The van der Waals surface area contributed by atoms with Crippen molar-refractivity contribution in [3.8, 4) is 0 Å². The van der Waals surface area contributed by atoms with Crippen LogP contribution in [-0.4, -0.2) is 48.1 Å². The first-order valence-electron chi connectivity index (χ1n) is 10.7. The van der Waals surface area contributed by atoms with E-state index in [9.17, 15) is 14.7 Å². The highest BCUT2D eigenvalue weighted by atomic mass is 35.5. The Morgan fingerprint density at radius 1 is 1.06 bits per heavy atom. The zero-order valence-electron chi connectivity index (χ0n) is 17.8. The first kappa shape index (κ1) is 21.9. The largest absolute Gasteiger partial charge is 0.478 e. The molecule has 2 aromatic carbocycles. The van der Waals surface area contributed by atoms with Gasteiger partial charge in [0.15, 0.2) is 0 Å². The standard InChI is InChI=1S/C24H25ClN4O3/c1-2-5-23(30)26-16-8-9-20-17(14-16)18(24(31)32)15-22(27-20)29-12-10-28(11-13-29)21-7-4-3-6-19(21)25/h3-4,6-9,14-15H,2,5,10-13H2,1H3,(H,26,30)(H,31,32). The molecule has 0 unspecified atom stereocenters. The van der Waals surface area contributed by atoms with Crippen LogP contribution in [0.25, 0.3) is 10.9 Å². The minimum Gasteiger partial charge on any atom is -0.478 e. The summed E-state index contributed by atoms with van der Waals surface area (Å²) in [5, 5.41) is 13.9. The molecule has 7 nitrogen and oxygen atoms in total. The molecule has 1 aliphatic heterocycles. The van der Waals surface area contributed by atoms with Crippen LogP contribution in [0.3, 0.4) is 0 Å². The first-order chi connectivity index (χ1) is 15.5. The number of piperazine rings is 1. The number of pyridine rings is 1. The second kappa shape index (κ2) is 9.44. The quantitative estimate of drug-likeness (QED) is 0.566. The molecule has 8 heteroatoms. The van der Waals surface area contributed by atoms with Crippen LogP contribution in [0.2, 0.25) is 5.02 Å². The number of carboxylic acid groups (broad SMARTS) is 1. The van der Waals surface area contributed by atoms with E-state index in [0.717, 1.165) is 30.2 Å². The van der Waals surface area contributed by atoms with Gasteiger partial charge in [0.25, 0.3) is 0 Å². The summed E-state index contributed by atoms with van der Waals surface area (Å²) in [6, 6.07) is 14.6. The van der Waals surface area contributed by atoms with E-state index in [-0.39, 0.29) is 11.5 Å². The summed E-state index contributed by atoms with van der Waals surface area (Å²) < 4.78 is 0. The number of aromatic nitrogens is 1. The van der Waals surface area contributed by atoms with Crippen LogP contribution < -0.4 is 15.1 Å². The second-order valence-corrected chi connectivity index (χ2v) is 8.20. The fourth-order valence-electron chi connectivity index (χ4n) is 3.96. The maximum Gasteiger partial charge on any atom is 0.336 e. The van der Waals surface area contributed by atoms with E-state index in [1.165, 1.54) is 0 Å². The van der Waals surface area contributed by atoms with Gasteiger partial charge < -0.3 is 20.2 Å². The van der Waals surface area contributed by atoms with E-state index in [2.05, 4.69) is 15.1 Å². The lowest BCUT2D eigenvalue weighted by Gasteiger charge is -2.37. The Balaban J connectivity index is 1.58. The summed E-state index contributed by atoms with van der Waals surface area (Å²) in [6.07, 6.45) is 1.16. The molecule has 32 heavy (non-hydrogen) atoms. The number of hydrogen-bond donors (Lipinski definition) is 2. The van der Waals surface area contributed by atoms with Crippen molar-refractivity contribution in [2.24, 2.45) is 0 Å². The molecule has 0 spiro atoms. The number of hydrogen-bond acceptors (Lipinski definition) is 5. The Kier molecular flexibility index (Phi) is 6.46. The average molecular weight is 453 g/mol. The topological polar surface area (TPSA) is 85.8 Å². The van der Waals surface area contributed by atoms with Gasteiger partial charge in [-0.15, -0.1) is 0 Å². The van der Waals surface area contributed by atoms with Crippen molar-refractivity contribution in [3.05, 3.63) is 59.1 Å². The van der Waals surface area contributed by atoms with Gasteiger partial charge in [-0.05, 0) is 42.8 Å². The molecule has 1 aliphatic rings. The van der Waals surface area contributed by atoms with Gasteiger partial charge in [-0.3, -0.25) is 4.79 Å². The van der Waals surface area contributed by atoms with Crippen molar-refractivity contribution < 1.29 is 14.7 Å². The predicted octanol–water partition coefficient (Wildman–Crippen LogP) is 4.65. The molecular formula is C24H25ClN4O3. The monoisotopic (exact) mass is 452 g/mol. The lowest BCUT2D eigenvalue weighted by molar-refractivity contribution is -0.116. The summed E-state index contributed by atoms with van der Waals surface area (Å²) in [6.45, 7) is 4.85. The first-order valence-corrected chi connectivity index (χ1v) is 11.1. The zero-order valence-corrected chi connectivity index (χ0v) is 18.6. The third-order valence-corrected chi connectivity index (χ3v) is 5.90. The lowest BCUT2D eigenvalue weighted by Crippen LogP contribution is -2.47. The Morgan fingerprint density at radius 2 is 1.78 bits per heavy atom. The molecule has 1 amide bonds. The van der Waals surface area contributed by atoms with E-state index in [0.29, 0.717) is 41.9 Å². The third-order valence-electron chi connectivity index (χ3n) is 5.58. The Hall–Kier alpha value is -3.32. The van der Waals surface area contributed by atoms with E-state index in [1.807, 2.05) is 31.2 Å². The van der Waals surface area contributed by atoms with Gasteiger partial charge in [0.05, 0.1) is 21.8 Å². The second-order valence-electron chi connectivity index (χ2n) is 7.79. The van der Waals surface area contributed by atoms with Crippen molar-refractivity contribution in [1.29, 1.82) is 0 Å². The van der Waals surface area contributed by atoms with Crippen molar-refractivity contribution in [2.45, 2.75) is 19.8 Å². The Labute approximate surface area is 191 Å². The maximum absolute atomic E-state index is 12.0. The summed E-state index contributed by atoms with van der Waals surface area (Å²) in [7, 11) is 0. The molecule has 1 saturated heterocycles. The van der Waals surface area contributed by atoms with Crippen LogP contribution >= 0.6 is 11.6 Å². The minimum atomic E-state index is -1.02. The zero-order chi connectivity index (χ0) is 22.7. The molecule has 2 heterocycles. The highest BCUT2D eigenvalue weighted by Crippen LogP contribution is 2.29. The van der Waals surface area contributed by atoms with Crippen LogP contribution in [0.4, 0.5) is 17.2 Å². The number of fused-ring (bicyclic) bond motifs is 1. The lowest BCUT2D eigenvalue weighted by atomic mass is 10.1. The minimum absolute atomic E-state index is 0.0929. The normalized spacial score (nSPS) is 13.9. The fourth-order valence-corrected chi connectivity index (χ4v) is 4.22. The maximum atomic E-state index is 12.0. The number of nitrogens with zero attached hydrogens (tertiary/aromatic N) is 3. The van der Waals surface area contributed by atoms with Crippen LogP contribution in [0, 0.1) is 0 Å². The number of para-hydroxylation sites is 1. The highest BCUT2D eigenvalue weighted by molar-refractivity contribution is 6.33. The molecular weight excluding hydrogens is 428 g/mol. The summed E-state index contributed by atoms with van der Waals surface area (Å²) in [4.78, 5) is 33.0. The SMILES string of the molecule is CCCC(=O)Nc1ccc2nc(N3CCN(c4ccccc4Cl)CC3)cc(C(=O)O)c2c1. The van der Waals surface area contributed by atoms with E-state index in [1.54, 1.807) is 24.3 Å². The smallest absolute Gasteiger partial charge is 0.336 e. The molecule has 0 radical (unpaired) electrons. The molecule has 0 atom stereocenters. The number of carboxylic acids is 1. The van der Waals surface area contributed by atoms with Crippen molar-refractivity contribution in [2.75, 3.05) is 41.3 Å². The average Bonchev–Trinajstić information content (AvgIpc) is 2.79. The van der Waals surface area contributed by atoms with Gasteiger partial charge in [-0.1, -0.05) is 30.7 Å². The molecule has 0 bridgehead atoms. The fraction of sp³-hybridized carbons (Fsp3) is 0.292. The number of nitrogens with one attached hydrogen (secondary N) is 1. The van der Waals surface area contributed by atoms with Crippen molar-refractivity contribution in [3.63, 3.8) is 0 Å². The number of amides is 1. The molecule has 2 N–H and O–H groups in total. The van der Waals surface area contributed by atoms with Gasteiger partial charge in [0.1, 0.15) is 5.82 Å². The Bertz CT molecular complexity index is 1160. The molecule has 3 aromatic rings. The third kappa shape index (κ3) is 4.62. The molecule has 0 saturated carbocycles. The molecule has 1 fully saturated rings. The van der Waals surface area contributed by atoms with Gasteiger partial charge >= 0.3 is 5.97 Å². The van der Waals surface area contributed by atoms with E-state index >= 15 is 0 Å². The molecule has 4 rings (SSSR count). The van der Waals surface area contributed by atoms with Gasteiger partial charge in [0, 0.05) is 43.7 Å². The number of aromatic carboxylic acids is 1. The van der Waals surface area contributed by atoms with Crippen LogP contribution in [0.15, 0.2) is 48.5 Å². The Morgan fingerprint density at radius 3 is 2.47 bits per heavy atom. The number of halogens is 1. The number of benzene rings is 2. The van der Waals surface area contributed by atoms with Gasteiger partial charge in [0.2, 0.25) is 5.91 Å². The van der Waals surface area contributed by atoms with Crippen molar-refractivity contribution >= 4 is 51.6 Å². The molecule has 166 valence electrons. The van der Waals surface area contributed by atoms with E-state index < -0.39 is 5.97 Å². The van der Waals surface area contributed by atoms with Crippen LogP contribution in [0.1, 0.15) is 30.1 Å². The predicted molar refractivity (Wildman–Crippen MR) is 128 cm³/mol. The summed E-state index contributed by atoms with van der Waals surface area (Å²) in [5.74, 6) is -0.480. The number of rotatable bonds is 6. The summed E-state index contributed by atoms with van der Waals surface area (Å²) in [5.41, 5.74) is 2.33. The highest BCUT2D eigenvalue weighted by Gasteiger charge is 2.22. The number of carbonyl (C=O) groups excluding carboxylic acids is 1. The van der Waals surface area contributed by atoms with Crippen LogP contribution in [0.5, 0.6) is 0 Å². The van der Waals surface area contributed by atoms with E-state index in [4.69, 9.17) is 16.6 Å².